The van der Waals surface area contributed by atoms with Gasteiger partial charge in [-0.15, -0.1) is 0 Å². The molecule has 0 N–H and O–H groups in total. The Morgan fingerprint density at radius 2 is 1.27 bits per heavy atom. The van der Waals surface area contributed by atoms with E-state index < -0.39 is 13.2 Å². The van der Waals surface area contributed by atoms with Crippen molar-refractivity contribution in [2.45, 2.75) is 13.2 Å². The van der Waals surface area contributed by atoms with E-state index >= 15 is 0 Å². The predicted octanol–water partition coefficient (Wildman–Crippen LogP) is 7.72. The molecule has 170 valence electrons. The van der Waals surface area contributed by atoms with Crippen molar-refractivity contribution in [1.29, 1.82) is 0 Å². The van der Waals surface area contributed by atoms with Gasteiger partial charge in [0.05, 0.1) is 16.4 Å². The molecule has 0 aliphatic carbocycles. The minimum atomic E-state index is -2.94. The Balaban J connectivity index is 1.82. The lowest BCUT2D eigenvalue weighted by atomic mass is 10.1. The number of hydrogen-bond donors (Lipinski definition) is 0. The summed E-state index contributed by atoms with van der Waals surface area (Å²) in [6, 6.07) is 18.7. The number of hydrogen-bond acceptors (Lipinski definition) is 3. The lowest BCUT2D eigenvalue weighted by Gasteiger charge is -2.10. The van der Waals surface area contributed by atoms with Gasteiger partial charge in [-0.05, 0) is 66.7 Å². The molecule has 1 aromatic heterocycles. The van der Waals surface area contributed by atoms with Gasteiger partial charge in [0.15, 0.2) is 0 Å². The van der Waals surface area contributed by atoms with Crippen LogP contribution in [0.5, 0.6) is 11.5 Å². The molecule has 4 aromatic rings. The van der Waals surface area contributed by atoms with Gasteiger partial charge in [-0.2, -0.15) is 22.7 Å². The topological polar surface area (TPSA) is 36.3 Å². The molecule has 33 heavy (non-hydrogen) atoms. The lowest BCUT2D eigenvalue weighted by molar-refractivity contribution is -0.0505. The van der Waals surface area contributed by atoms with E-state index in [1.165, 1.54) is 24.3 Å². The molecule has 0 bridgehead atoms. The van der Waals surface area contributed by atoms with Gasteiger partial charge in [-0.25, -0.2) is 4.68 Å². The van der Waals surface area contributed by atoms with E-state index in [-0.39, 0.29) is 16.5 Å². The maximum atomic E-state index is 12.5. The maximum absolute atomic E-state index is 12.5. The molecule has 0 radical (unpaired) electrons. The van der Waals surface area contributed by atoms with E-state index in [1.807, 2.05) is 0 Å². The molecule has 0 unspecified atom stereocenters. The molecule has 1 heterocycles. The number of nitrogens with zero attached hydrogens (tertiary/aromatic N) is 2. The molecule has 4 nitrogen and oxygen atoms in total. The summed E-state index contributed by atoms with van der Waals surface area (Å²) in [4.78, 5) is 0. The van der Waals surface area contributed by atoms with Gasteiger partial charge in [0.1, 0.15) is 17.2 Å². The quantitative estimate of drug-likeness (QED) is 0.246. The van der Waals surface area contributed by atoms with E-state index in [0.717, 1.165) is 0 Å². The van der Waals surface area contributed by atoms with Crippen LogP contribution in [-0.2, 0) is 0 Å². The third kappa shape index (κ3) is 5.23. The van der Waals surface area contributed by atoms with Gasteiger partial charge in [0.2, 0.25) is 0 Å². The van der Waals surface area contributed by atoms with Crippen LogP contribution in [0, 0.1) is 0 Å². The summed E-state index contributed by atoms with van der Waals surface area (Å²) in [5, 5.41) is 5.35. The van der Waals surface area contributed by atoms with Crippen molar-refractivity contribution in [2.75, 3.05) is 0 Å². The molecule has 0 saturated carbocycles. The predicted molar refractivity (Wildman–Crippen MR) is 118 cm³/mol. The fourth-order valence-corrected chi connectivity index (χ4v) is 3.74. The standard InChI is InChI=1S/C23H14Cl2F4N2O2/c24-15-2-1-3-16(12-15)31-21(14-6-10-18(11-7-14)33-23(28)29)19(25)20(30-31)13-4-8-17(9-5-13)32-22(26)27/h1-12,22-23H. The second kappa shape index (κ2) is 9.72. The van der Waals surface area contributed by atoms with Gasteiger partial charge in [-0.3, -0.25) is 0 Å². The van der Waals surface area contributed by atoms with Crippen LogP contribution in [0.25, 0.3) is 28.2 Å². The summed E-state index contributed by atoms with van der Waals surface area (Å²) in [7, 11) is 0. The summed E-state index contributed by atoms with van der Waals surface area (Å²) in [6.07, 6.45) is 0. The molecular weight excluding hydrogens is 483 g/mol. The largest absolute Gasteiger partial charge is 0.435 e. The summed E-state index contributed by atoms with van der Waals surface area (Å²) in [6.45, 7) is -5.88. The van der Waals surface area contributed by atoms with Gasteiger partial charge in [0, 0.05) is 16.1 Å². The second-order valence-electron chi connectivity index (χ2n) is 6.71. The Morgan fingerprint density at radius 3 is 1.79 bits per heavy atom. The zero-order valence-corrected chi connectivity index (χ0v) is 18.1. The zero-order chi connectivity index (χ0) is 23.5. The average molecular weight is 497 g/mol. The van der Waals surface area contributed by atoms with E-state index in [2.05, 4.69) is 14.6 Å². The second-order valence-corrected chi connectivity index (χ2v) is 7.52. The number of ether oxygens (including phenoxy) is 2. The summed E-state index contributed by atoms with van der Waals surface area (Å²) >= 11 is 12.9. The highest BCUT2D eigenvalue weighted by Crippen LogP contribution is 2.39. The molecule has 0 atom stereocenters. The van der Waals surface area contributed by atoms with Gasteiger partial charge in [0.25, 0.3) is 0 Å². The van der Waals surface area contributed by atoms with Crippen LogP contribution in [0.3, 0.4) is 0 Å². The molecule has 0 aliphatic rings. The number of benzene rings is 3. The van der Waals surface area contributed by atoms with Crippen LogP contribution in [0.15, 0.2) is 72.8 Å². The van der Waals surface area contributed by atoms with E-state index in [0.29, 0.717) is 33.2 Å². The minimum absolute atomic E-state index is 0.00557. The van der Waals surface area contributed by atoms with Crippen LogP contribution in [0.2, 0.25) is 10.0 Å². The highest BCUT2D eigenvalue weighted by Gasteiger charge is 2.21. The Labute approximate surface area is 195 Å². The molecule has 0 spiro atoms. The lowest BCUT2D eigenvalue weighted by Crippen LogP contribution is -2.02. The van der Waals surface area contributed by atoms with Crippen LogP contribution in [0.1, 0.15) is 0 Å². The number of rotatable bonds is 7. The van der Waals surface area contributed by atoms with E-state index in [1.54, 1.807) is 53.2 Å². The van der Waals surface area contributed by atoms with Crippen LogP contribution in [-0.4, -0.2) is 23.0 Å². The molecule has 0 fully saturated rings. The molecule has 0 aliphatic heterocycles. The zero-order valence-electron chi connectivity index (χ0n) is 16.6. The fraction of sp³-hybridized carbons (Fsp3) is 0.0870. The van der Waals surface area contributed by atoms with E-state index in [9.17, 15) is 17.6 Å². The van der Waals surface area contributed by atoms with Crippen molar-refractivity contribution in [3.05, 3.63) is 82.8 Å². The van der Waals surface area contributed by atoms with Crippen LogP contribution >= 0.6 is 23.2 Å². The first-order chi connectivity index (χ1) is 15.8. The third-order valence-corrected chi connectivity index (χ3v) is 5.18. The van der Waals surface area contributed by atoms with Crippen LogP contribution < -0.4 is 9.47 Å². The molecular formula is C23H14Cl2F4N2O2. The highest BCUT2D eigenvalue weighted by atomic mass is 35.5. The van der Waals surface area contributed by atoms with Crippen molar-refractivity contribution in [1.82, 2.24) is 9.78 Å². The van der Waals surface area contributed by atoms with Gasteiger partial charge in [-0.1, -0.05) is 29.3 Å². The number of halogens is 6. The van der Waals surface area contributed by atoms with Crippen molar-refractivity contribution < 1.29 is 27.0 Å². The van der Waals surface area contributed by atoms with Crippen LogP contribution in [0.4, 0.5) is 17.6 Å². The first kappa shape index (κ1) is 22.9. The first-order valence-corrected chi connectivity index (χ1v) is 10.2. The molecule has 0 saturated heterocycles. The first-order valence-electron chi connectivity index (χ1n) is 9.47. The molecule has 10 heteroatoms. The number of aromatic nitrogens is 2. The van der Waals surface area contributed by atoms with E-state index in [4.69, 9.17) is 23.2 Å². The SMILES string of the molecule is FC(F)Oc1ccc(-c2nn(-c3cccc(Cl)c3)c(-c3ccc(OC(F)F)cc3)c2Cl)cc1. The van der Waals surface area contributed by atoms with Gasteiger partial charge >= 0.3 is 13.2 Å². The molecule has 0 amide bonds. The monoisotopic (exact) mass is 496 g/mol. The number of alkyl halides is 4. The van der Waals surface area contributed by atoms with Gasteiger partial charge < -0.3 is 9.47 Å². The van der Waals surface area contributed by atoms with Crippen molar-refractivity contribution in [2.24, 2.45) is 0 Å². The molecule has 3 aromatic carbocycles. The maximum Gasteiger partial charge on any atom is 0.387 e. The van der Waals surface area contributed by atoms with Crippen molar-refractivity contribution >= 4 is 23.2 Å². The summed E-state index contributed by atoms with van der Waals surface area (Å²) in [5.41, 5.74) is 2.60. The summed E-state index contributed by atoms with van der Waals surface area (Å²) in [5.74, 6) is -0.0116. The van der Waals surface area contributed by atoms with Crippen molar-refractivity contribution in [3.8, 4) is 39.7 Å². The minimum Gasteiger partial charge on any atom is -0.435 e. The fourth-order valence-electron chi connectivity index (χ4n) is 3.22. The third-order valence-electron chi connectivity index (χ3n) is 4.59. The highest BCUT2D eigenvalue weighted by molar-refractivity contribution is 6.35. The summed E-state index contributed by atoms with van der Waals surface area (Å²) < 4.78 is 60.3. The Kier molecular flexibility index (Phi) is 6.76. The normalized spacial score (nSPS) is 11.3. The Hall–Kier alpha value is -3.23. The molecule has 4 rings (SSSR count). The Bertz CT molecular complexity index is 1250. The average Bonchev–Trinajstić information content (AvgIpc) is 3.11. The smallest absolute Gasteiger partial charge is 0.387 e. The van der Waals surface area contributed by atoms with Crippen molar-refractivity contribution in [3.63, 3.8) is 0 Å². The Morgan fingerprint density at radius 1 is 0.727 bits per heavy atom.